The third-order valence-corrected chi connectivity index (χ3v) is 11.2. The summed E-state index contributed by atoms with van der Waals surface area (Å²) in [5.74, 6) is 0. The number of hydrogen-bond acceptors (Lipinski definition) is 0. The minimum atomic E-state index is 0. The molecule has 8 heteroatoms. The number of rotatable bonds is 24. The first-order chi connectivity index (χ1) is 26.4. The number of benzene rings is 1. The number of pyridine rings is 4. The molecule has 0 amide bonds. The van der Waals surface area contributed by atoms with Crippen LogP contribution in [0.1, 0.15) is 122 Å². The molecular weight excluding hydrogens is 976 g/mol. The van der Waals surface area contributed by atoms with E-state index in [2.05, 4.69) is 156 Å². The second-order valence-electron chi connectivity index (χ2n) is 16.1. The molecule has 0 saturated heterocycles. The van der Waals surface area contributed by atoms with Crippen molar-refractivity contribution in [1.82, 2.24) is 0 Å². The Labute approximate surface area is 394 Å². The summed E-state index contributed by atoms with van der Waals surface area (Å²) in [5.41, 5.74) is 11.9. The maximum atomic E-state index is 2.68. The van der Waals surface area contributed by atoms with Gasteiger partial charge in [-0.15, -0.1) is 0 Å². The summed E-state index contributed by atoms with van der Waals surface area (Å²) in [6, 6.07) is 23.1. The Morgan fingerprint density at radius 3 is 0.655 bits per heavy atom. The van der Waals surface area contributed by atoms with Crippen molar-refractivity contribution in [2.24, 2.45) is 0 Å². The van der Waals surface area contributed by atoms with Gasteiger partial charge in [-0.3, -0.25) is 0 Å². The van der Waals surface area contributed by atoms with E-state index in [1.54, 1.807) is 22.3 Å². The maximum Gasteiger partial charge on any atom is 0.169 e. The van der Waals surface area contributed by atoms with Gasteiger partial charge in [0, 0.05) is 74.2 Å². The van der Waals surface area contributed by atoms with Crippen LogP contribution in [0, 0.1) is 27.7 Å². The second kappa shape index (κ2) is 30.7. The molecule has 0 atom stereocenters. The fraction of sp³-hybridized carbons (Fsp3) is 0.480. The zero-order chi connectivity index (χ0) is 37.8. The van der Waals surface area contributed by atoms with Gasteiger partial charge in [0.1, 0.15) is 26.2 Å². The molecule has 5 rings (SSSR count). The largest absolute Gasteiger partial charge is 1.00 e. The smallest absolute Gasteiger partial charge is 0.169 e. The number of unbranched alkanes of at least 4 members (excludes halogenated alkanes) is 8. The first kappa shape index (κ1) is 53.8. The van der Waals surface area contributed by atoms with Gasteiger partial charge >= 0.3 is 0 Å². The van der Waals surface area contributed by atoms with E-state index in [0.717, 1.165) is 26.2 Å². The highest BCUT2D eigenvalue weighted by atomic mass is 79.9. The molecule has 4 aromatic heterocycles. The average molecular weight is 1050 g/mol. The SMILES string of the molecule is Cc1cc[n+](CCCCCc2cc(CCCCC[n+]3ccc(C)cc3)c(CCCCC[n+]3ccc(C)cc3)cc2CCCCC[n+]2ccc(C)cc2)cc1.[Br-].[Br-].[Br-].[Br-]. The molecule has 58 heavy (non-hydrogen) atoms. The van der Waals surface area contributed by atoms with Crippen LogP contribution in [0.2, 0.25) is 0 Å². The summed E-state index contributed by atoms with van der Waals surface area (Å²) in [6.45, 7) is 13.1. The molecule has 0 fully saturated rings. The highest BCUT2D eigenvalue weighted by Crippen LogP contribution is 2.25. The third kappa shape index (κ3) is 20.3. The zero-order valence-electron chi connectivity index (χ0n) is 35.8. The lowest BCUT2D eigenvalue weighted by atomic mass is 9.88. The van der Waals surface area contributed by atoms with E-state index < -0.39 is 0 Å². The number of aromatic nitrogens is 4. The normalized spacial score (nSPS) is 10.6. The first-order valence-corrected chi connectivity index (χ1v) is 21.4. The van der Waals surface area contributed by atoms with Gasteiger partial charge in [0.15, 0.2) is 49.6 Å². The van der Waals surface area contributed by atoms with Gasteiger partial charge in [0.2, 0.25) is 0 Å². The first-order valence-electron chi connectivity index (χ1n) is 21.4. The molecular formula is C50H70Br4N4. The van der Waals surface area contributed by atoms with Gasteiger partial charge in [-0.1, -0.05) is 12.1 Å². The number of aryl methyl sites for hydroxylation is 12. The molecule has 0 bridgehead atoms. The molecule has 5 aromatic rings. The Balaban J connectivity index is 0.00000420. The predicted molar refractivity (Wildman–Crippen MR) is 222 cm³/mol. The Kier molecular flexibility index (Phi) is 28.5. The van der Waals surface area contributed by atoms with E-state index in [4.69, 9.17) is 0 Å². The predicted octanol–water partition coefficient (Wildman–Crippen LogP) is -2.26. The monoisotopic (exact) mass is 1040 g/mol. The molecule has 0 aliphatic rings. The topological polar surface area (TPSA) is 15.5 Å². The van der Waals surface area contributed by atoms with Crippen molar-refractivity contribution < 1.29 is 86.2 Å². The summed E-state index contributed by atoms with van der Waals surface area (Å²) in [6.07, 6.45) is 37.8. The van der Waals surface area contributed by atoms with Gasteiger partial charge in [0.05, 0.1) is 0 Å². The van der Waals surface area contributed by atoms with Crippen molar-refractivity contribution >= 4 is 0 Å². The molecule has 4 heterocycles. The minimum Gasteiger partial charge on any atom is -1.00 e. The summed E-state index contributed by atoms with van der Waals surface area (Å²) < 4.78 is 9.38. The van der Waals surface area contributed by atoms with Gasteiger partial charge < -0.3 is 67.9 Å². The van der Waals surface area contributed by atoms with E-state index in [1.807, 2.05) is 0 Å². The average Bonchev–Trinajstić information content (AvgIpc) is 3.18. The summed E-state index contributed by atoms with van der Waals surface area (Å²) in [5, 5.41) is 0. The molecule has 0 aliphatic carbocycles. The van der Waals surface area contributed by atoms with Gasteiger partial charge in [-0.25, -0.2) is 18.3 Å². The highest BCUT2D eigenvalue weighted by molar-refractivity contribution is 5.39. The Bertz CT molecular complexity index is 1530. The second-order valence-corrected chi connectivity index (χ2v) is 16.1. The summed E-state index contributed by atoms with van der Waals surface area (Å²) >= 11 is 0. The zero-order valence-corrected chi connectivity index (χ0v) is 42.2. The van der Waals surface area contributed by atoms with E-state index in [-0.39, 0.29) is 67.9 Å². The summed E-state index contributed by atoms with van der Waals surface area (Å²) in [7, 11) is 0. The number of nitrogens with zero attached hydrogens (tertiary/aromatic N) is 4. The molecule has 1 aromatic carbocycles. The van der Waals surface area contributed by atoms with E-state index in [9.17, 15) is 0 Å². The number of halogens is 4. The van der Waals surface area contributed by atoms with Crippen LogP contribution in [0.3, 0.4) is 0 Å². The van der Waals surface area contributed by atoms with Crippen LogP contribution in [0.15, 0.2) is 110 Å². The van der Waals surface area contributed by atoms with Gasteiger partial charge in [-0.05, 0) is 149 Å². The Hall–Kier alpha value is -2.26. The van der Waals surface area contributed by atoms with Crippen LogP contribution in [0.5, 0.6) is 0 Å². The maximum absolute atomic E-state index is 2.68. The van der Waals surface area contributed by atoms with Crippen LogP contribution in [-0.4, -0.2) is 0 Å². The Morgan fingerprint density at radius 1 is 0.276 bits per heavy atom. The quantitative estimate of drug-likeness (QED) is 0.0491. The molecule has 0 unspecified atom stereocenters. The third-order valence-electron chi connectivity index (χ3n) is 11.2. The van der Waals surface area contributed by atoms with Crippen LogP contribution < -0.4 is 86.2 Å². The van der Waals surface area contributed by atoms with Crippen molar-refractivity contribution in [2.45, 2.75) is 157 Å². The van der Waals surface area contributed by atoms with Crippen LogP contribution in [0.4, 0.5) is 0 Å². The van der Waals surface area contributed by atoms with Crippen molar-refractivity contribution in [3.8, 4) is 0 Å². The molecule has 0 radical (unpaired) electrons. The number of hydrogen-bond donors (Lipinski definition) is 0. The molecule has 0 saturated carbocycles. The van der Waals surface area contributed by atoms with Gasteiger partial charge in [0.25, 0.3) is 0 Å². The van der Waals surface area contributed by atoms with Crippen LogP contribution in [0.25, 0.3) is 0 Å². The lowest BCUT2D eigenvalue weighted by molar-refractivity contribution is -0.697. The molecule has 318 valence electrons. The van der Waals surface area contributed by atoms with Crippen molar-refractivity contribution in [3.05, 3.63) is 155 Å². The molecule has 4 nitrogen and oxygen atoms in total. The van der Waals surface area contributed by atoms with Crippen LogP contribution >= 0.6 is 0 Å². The van der Waals surface area contributed by atoms with Crippen LogP contribution in [-0.2, 0) is 51.9 Å². The lowest BCUT2D eigenvalue weighted by Crippen LogP contribution is -3.00. The molecule has 0 aliphatic heterocycles. The van der Waals surface area contributed by atoms with E-state index in [1.165, 1.54) is 125 Å². The fourth-order valence-corrected chi connectivity index (χ4v) is 7.59. The molecule has 0 N–H and O–H groups in total. The minimum absolute atomic E-state index is 0. The van der Waals surface area contributed by atoms with Crippen molar-refractivity contribution in [3.63, 3.8) is 0 Å². The van der Waals surface area contributed by atoms with Crippen molar-refractivity contribution in [2.75, 3.05) is 0 Å². The van der Waals surface area contributed by atoms with E-state index >= 15 is 0 Å². The van der Waals surface area contributed by atoms with Crippen molar-refractivity contribution in [1.29, 1.82) is 0 Å². The summed E-state index contributed by atoms with van der Waals surface area (Å²) in [4.78, 5) is 0. The lowest BCUT2D eigenvalue weighted by Gasteiger charge is -2.17. The highest BCUT2D eigenvalue weighted by Gasteiger charge is 2.13. The van der Waals surface area contributed by atoms with E-state index in [0.29, 0.717) is 0 Å². The van der Waals surface area contributed by atoms with Gasteiger partial charge in [-0.2, -0.15) is 0 Å². The Morgan fingerprint density at radius 2 is 0.466 bits per heavy atom. The standard InChI is InChI=1S/C50H70N4.4BrH/c1-43-21-33-51(34-22-43)29-13-5-9-17-47-41-49(19-11-7-15-31-53-37-25-45(3)26-38-53)50(20-12-8-16-32-54-39-27-46(4)28-40-54)42-48(47)18-10-6-14-30-52-35-23-44(2)24-36-52;;;;/h21-28,33-42H,5-20,29-32H2,1-4H3;4*1H/q+4;;;;/p-4. The fourth-order valence-electron chi connectivity index (χ4n) is 7.59. The molecule has 0 spiro atoms.